The highest BCUT2D eigenvalue weighted by Gasteiger charge is 2.21. The number of hydrogen-bond acceptors (Lipinski definition) is 3. The minimum Gasteiger partial charge on any atom is -0.357 e. The van der Waals surface area contributed by atoms with Crippen LogP contribution in [-0.2, 0) is 6.42 Å². The zero-order valence-corrected chi connectivity index (χ0v) is 16.0. The smallest absolute Gasteiger partial charge is 0.191 e. The lowest BCUT2D eigenvalue weighted by Gasteiger charge is -2.09. The maximum Gasteiger partial charge on any atom is 0.191 e. The topological polar surface area (TPSA) is 49.3 Å². The molecule has 3 rings (SSSR count). The molecule has 0 bridgehead atoms. The Balaban J connectivity index is 0.00000176. The van der Waals surface area contributed by atoms with Gasteiger partial charge in [0.05, 0.1) is 15.2 Å². The van der Waals surface area contributed by atoms with Crippen LogP contribution >= 0.6 is 35.3 Å². The molecule has 120 valence electrons. The lowest BCUT2D eigenvalue weighted by atomic mass is 10.3. The lowest BCUT2D eigenvalue weighted by molar-refractivity contribution is 0.781. The zero-order valence-electron chi connectivity index (χ0n) is 12.8. The van der Waals surface area contributed by atoms with Crippen molar-refractivity contribution >= 4 is 51.5 Å². The van der Waals surface area contributed by atoms with E-state index >= 15 is 0 Å². The molecule has 0 saturated heterocycles. The molecule has 1 saturated carbocycles. The third-order valence-electron chi connectivity index (χ3n) is 3.42. The summed E-state index contributed by atoms with van der Waals surface area (Å²) in [5, 5.41) is 7.95. The molecule has 4 nitrogen and oxygen atoms in total. The summed E-state index contributed by atoms with van der Waals surface area (Å²) in [5.74, 6) is 0.962. The fourth-order valence-electron chi connectivity index (χ4n) is 2.19. The molecule has 2 aromatic rings. The molecule has 0 amide bonds. The van der Waals surface area contributed by atoms with Crippen molar-refractivity contribution < 1.29 is 0 Å². The third-order valence-corrected chi connectivity index (χ3v) is 4.52. The molecule has 22 heavy (non-hydrogen) atoms. The molecule has 2 N–H and O–H groups in total. The van der Waals surface area contributed by atoms with Crippen molar-refractivity contribution in [2.75, 3.05) is 13.1 Å². The van der Waals surface area contributed by atoms with Crippen LogP contribution in [0.2, 0.25) is 0 Å². The molecule has 1 aliphatic carbocycles. The first kappa shape index (κ1) is 17.5. The van der Waals surface area contributed by atoms with Crippen molar-refractivity contribution in [2.24, 2.45) is 4.99 Å². The Morgan fingerprint density at radius 2 is 2.18 bits per heavy atom. The minimum atomic E-state index is 0. The predicted octanol–water partition coefficient (Wildman–Crippen LogP) is 3.56. The van der Waals surface area contributed by atoms with Crippen molar-refractivity contribution in [1.82, 2.24) is 15.6 Å². The summed E-state index contributed by atoms with van der Waals surface area (Å²) < 4.78 is 1.28. The van der Waals surface area contributed by atoms with E-state index in [1.165, 1.54) is 22.5 Å². The number of aryl methyl sites for hydroxylation is 1. The van der Waals surface area contributed by atoms with Crippen LogP contribution in [0.3, 0.4) is 0 Å². The summed E-state index contributed by atoms with van der Waals surface area (Å²) in [6.45, 7) is 3.86. The number of guanidine groups is 1. The molecule has 6 heteroatoms. The van der Waals surface area contributed by atoms with E-state index in [9.17, 15) is 0 Å². The van der Waals surface area contributed by atoms with Gasteiger partial charge in [0.15, 0.2) is 5.96 Å². The van der Waals surface area contributed by atoms with Crippen LogP contribution in [0.5, 0.6) is 0 Å². The molecule has 1 aromatic heterocycles. The maximum atomic E-state index is 4.66. The highest BCUT2D eigenvalue weighted by atomic mass is 127. The van der Waals surface area contributed by atoms with E-state index in [4.69, 9.17) is 0 Å². The van der Waals surface area contributed by atoms with E-state index in [0.29, 0.717) is 6.04 Å². The van der Waals surface area contributed by atoms with E-state index < -0.39 is 0 Å². The van der Waals surface area contributed by atoms with Crippen molar-refractivity contribution in [3.8, 4) is 0 Å². The van der Waals surface area contributed by atoms with Gasteiger partial charge in [-0.05, 0) is 38.3 Å². The first-order valence-electron chi connectivity index (χ1n) is 7.74. The second kappa shape index (κ2) is 8.67. The standard InChI is InChI=1S/C16H22N4S.HI/c1-2-17-16(19-12-9-10-12)18-11-5-8-15-20-13-6-3-4-7-14(13)21-15;/h3-4,6-7,12H,2,5,8-11H2,1H3,(H2,17,18,19);1H. The molecule has 1 heterocycles. The summed E-state index contributed by atoms with van der Waals surface area (Å²) in [4.78, 5) is 9.30. The molecule has 0 atom stereocenters. The van der Waals surface area contributed by atoms with E-state index in [2.05, 4.69) is 45.7 Å². The van der Waals surface area contributed by atoms with Gasteiger partial charge in [0.2, 0.25) is 0 Å². The number of aromatic nitrogens is 1. The average molecular weight is 430 g/mol. The van der Waals surface area contributed by atoms with E-state index in [-0.39, 0.29) is 24.0 Å². The fraction of sp³-hybridized carbons (Fsp3) is 0.500. The largest absolute Gasteiger partial charge is 0.357 e. The highest BCUT2D eigenvalue weighted by Crippen LogP contribution is 2.22. The number of para-hydroxylation sites is 1. The van der Waals surface area contributed by atoms with Crippen LogP contribution < -0.4 is 10.6 Å². The first-order valence-corrected chi connectivity index (χ1v) is 8.56. The summed E-state index contributed by atoms with van der Waals surface area (Å²) >= 11 is 1.80. The second-order valence-electron chi connectivity index (χ2n) is 5.36. The van der Waals surface area contributed by atoms with Gasteiger partial charge in [-0.15, -0.1) is 35.3 Å². The lowest BCUT2D eigenvalue weighted by Crippen LogP contribution is -2.38. The number of fused-ring (bicyclic) bond motifs is 1. The minimum absolute atomic E-state index is 0. The number of benzene rings is 1. The monoisotopic (exact) mass is 430 g/mol. The van der Waals surface area contributed by atoms with E-state index in [1.807, 2.05) is 6.07 Å². The maximum absolute atomic E-state index is 4.66. The van der Waals surface area contributed by atoms with Crippen molar-refractivity contribution in [3.63, 3.8) is 0 Å². The highest BCUT2D eigenvalue weighted by molar-refractivity contribution is 14.0. The Morgan fingerprint density at radius 1 is 1.36 bits per heavy atom. The molecule has 0 radical (unpaired) electrons. The predicted molar refractivity (Wildman–Crippen MR) is 105 cm³/mol. The Labute approximate surface area is 152 Å². The molecule has 0 aliphatic heterocycles. The molecule has 1 aromatic carbocycles. The Hall–Kier alpha value is -0.890. The van der Waals surface area contributed by atoms with E-state index in [1.54, 1.807) is 11.3 Å². The van der Waals surface area contributed by atoms with Gasteiger partial charge >= 0.3 is 0 Å². The van der Waals surface area contributed by atoms with Gasteiger partial charge in [-0.2, -0.15) is 0 Å². The normalized spacial score (nSPS) is 14.7. The fourth-order valence-corrected chi connectivity index (χ4v) is 3.20. The first-order chi connectivity index (χ1) is 10.3. The van der Waals surface area contributed by atoms with Crippen LogP contribution in [0.25, 0.3) is 10.2 Å². The van der Waals surface area contributed by atoms with Crippen LogP contribution in [0, 0.1) is 0 Å². The molecular formula is C16H23IN4S. The molecule has 1 fully saturated rings. The number of rotatable bonds is 6. The average Bonchev–Trinajstić information content (AvgIpc) is 3.20. The van der Waals surface area contributed by atoms with Crippen molar-refractivity contribution in [1.29, 1.82) is 0 Å². The van der Waals surface area contributed by atoms with Gasteiger partial charge in [0.25, 0.3) is 0 Å². The van der Waals surface area contributed by atoms with Crippen molar-refractivity contribution in [3.05, 3.63) is 29.3 Å². The third kappa shape index (κ3) is 5.08. The molecule has 1 aliphatic rings. The van der Waals surface area contributed by atoms with Gasteiger partial charge in [0, 0.05) is 25.6 Å². The summed E-state index contributed by atoms with van der Waals surface area (Å²) in [7, 11) is 0. The van der Waals surface area contributed by atoms with Gasteiger partial charge in [-0.3, -0.25) is 4.99 Å². The van der Waals surface area contributed by atoms with Gasteiger partial charge < -0.3 is 10.6 Å². The van der Waals surface area contributed by atoms with Crippen LogP contribution in [0.1, 0.15) is 31.2 Å². The summed E-state index contributed by atoms with van der Waals surface area (Å²) in [5.41, 5.74) is 1.12. The number of nitrogens with one attached hydrogen (secondary N) is 2. The number of hydrogen-bond donors (Lipinski definition) is 2. The summed E-state index contributed by atoms with van der Waals surface area (Å²) in [6.07, 6.45) is 4.60. The molecule has 0 spiro atoms. The number of aliphatic imine (C=N–C) groups is 1. The number of halogens is 1. The molecular weight excluding hydrogens is 407 g/mol. The Kier molecular flexibility index (Phi) is 6.88. The summed E-state index contributed by atoms with van der Waals surface area (Å²) in [6, 6.07) is 8.98. The number of thiazole rings is 1. The number of nitrogens with zero attached hydrogens (tertiary/aromatic N) is 2. The zero-order chi connectivity index (χ0) is 14.5. The second-order valence-corrected chi connectivity index (χ2v) is 6.47. The van der Waals surface area contributed by atoms with Gasteiger partial charge in [-0.25, -0.2) is 4.98 Å². The van der Waals surface area contributed by atoms with Gasteiger partial charge in [-0.1, -0.05) is 12.1 Å². The quantitative estimate of drug-likeness (QED) is 0.319. The SMILES string of the molecule is CCNC(=NCCCc1nc2ccccc2s1)NC1CC1.I. The van der Waals surface area contributed by atoms with Crippen LogP contribution in [0.15, 0.2) is 29.3 Å². The Bertz CT molecular complexity index is 588. The van der Waals surface area contributed by atoms with Crippen molar-refractivity contribution in [2.45, 2.75) is 38.6 Å². The van der Waals surface area contributed by atoms with Crippen LogP contribution in [0.4, 0.5) is 0 Å². The molecule has 0 unspecified atom stereocenters. The Morgan fingerprint density at radius 3 is 2.91 bits per heavy atom. The van der Waals surface area contributed by atoms with E-state index in [0.717, 1.165) is 37.4 Å². The van der Waals surface area contributed by atoms with Gasteiger partial charge in [0.1, 0.15) is 0 Å². The van der Waals surface area contributed by atoms with Crippen LogP contribution in [-0.4, -0.2) is 30.1 Å².